The first-order valence-corrected chi connectivity index (χ1v) is 14.9. The van der Waals surface area contributed by atoms with Crippen LogP contribution in [0, 0.1) is 5.92 Å². The Bertz CT molecular complexity index is 1270. The Morgan fingerprint density at radius 1 is 1.02 bits per heavy atom. The molecule has 0 aliphatic carbocycles. The average molecular weight is 578 g/mol. The topological polar surface area (TPSA) is 116 Å². The molecule has 0 aromatic heterocycles. The van der Waals surface area contributed by atoms with Gasteiger partial charge in [-0.3, -0.25) is 14.4 Å². The van der Waals surface area contributed by atoms with Gasteiger partial charge in [0.15, 0.2) is 0 Å². The number of rotatable bonds is 10. The van der Waals surface area contributed by atoms with Crippen molar-refractivity contribution in [2.45, 2.75) is 77.4 Å². The molecule has 3 amide bonds. The number of carboxylic acids is 1. The van der Waals surface area contributed by atoms with E-state index in [4.69, 9.17) is 4.74 Å². The predicted molar refractivity (Wildman–Crippen MR) is 159 cm³/mol. The van der Waals surface area contributed by atoms with Gasteiger partial charge in [0.1, 0.15) is 5.60 Å². The van der Waals surface area contributed by atoms with Crippen molar-refractivity contribution in [3.63, 3.8) is 0 Å². The molecular formula is C33H43N3O6. The molecule has 1 fully saturated rings. The Morgan fingerprint density at radius 2 is 1.74 bits per heavy atom. The monoisotopic (exact) mass is 577 g/mol. The fraction of sp³-hybridized carbons (Fsp3) is 0.515. The van der Waals surface area contributed by atoms with E-state index in [9.17, 15) is 24.3 Å². The van der Waals surface area contributed by atoms with Gasteiger partial charge in [-0.05, 0) is 88.1 Å². The normalized spacial score (nSPS) is 18.8. The van der Waals surface area contributed by atoms with Gasteiger partial charge in [0.05, 0.1) is 12.3 Å². The third kappa shape index (κ3) is 8.57. The molecule has 4 rings (SSSR count). The molecule has 0 spiro atoms. The van der Waals surface area contributed by atoms with E-state index >= 15 is 0 Å². The molecule has 9 nitrogen and oxygen atoms in total. The number of amides is 3. The maximum atomic E-state index is 13.1. The molecule has 9 heteroatoms. The summed E-state index contributed by atoms with van der Waals surface area (Å²) in [4.78, 5) is 53.5. The lowest BCUT2D eigenvalue weighted by Crippen LogP contribution is -2.38. The summed E-state index contributed by atoms with van der Waals surface area (Å²) in [6, 6.07) is 15.7. The molecule has 42 heavy (non-hydrogen) atoms. The van der Waals surface area contributed by atoms with Gasteiger partial charge >= 0.3 is 12.1 Å². The number of aryl methyl sites for hydroxylation is 1. The van der Waals surface area contributed by atoms with Crippen LogP contribution in [-0.4, -0.2) is 76.6 Å². The SMILES string of the molecule is CC(C)(C)OC(=O)N1CCc2ccc(C(=O)NCC[C@@H]3C[C@@H](CC(=O)O)C(=O)N3CCCc3ccccc3)cc2CC1. The highest BCUT2D eigenvalue weighted by Gasteiger charge is 2.39. The number of likely N-dealkylation sites (tertiary alicyclic amines) is 1. The number of fused-ring (bicyclic) bond motifs is 1. The van der Waals surface area contributed by atoms with E-state index in [2.05, 4.69) is 17.4 Å². The zero-order valence-electron chi connectivity index (χ0n) is 24.9. The van der Waals surface area contributed by atoms with E-state index in [1.807, 2.05) is 62.1 Å². The van der Waals surface area contributed by atoms with Gasteiger partial charge < -0.3 is 25.0 Å². The van der Waals surface area contributed by atoms with Crippen molar-refractivity contribution in [3.8, 4) is 0 Å². The van der Waals surface area contributed by atoms with Crippen molar-refractivity contribution in [1.82, 2.24) is 15.1 Å². The number of carbonyl (C=O) groups excluding carboxylic acids is 3. The number of hydrogen-bond donors (Lipinski definition) is 2. The lowest BCUT2D eigenvalue weighted by molar-refractivity contribution is -0.142. The molecule has 0 radical (unpaired) electrons. The van der Waals surface area contributed by atoms with Crippen molar-refractivity contribution in [3.05, 3.63) is 70.8 Å². The van der Waals surface area contributed by atoms with Crippen LogP contribution in [0.4, 0.5) is 4.79 Å². The highest BCUT2D eigenvalue weighted by atomic mass is 16.6. The second-order valence-corrected chi connectivity index (χ2v) is 12.3. The average Bonchev–Trinajstić information content (AvgIpc) is 3.09. The van der Waals surface area contributed by atoms with Crippen LogP contribution in [0.1, 0.15) is 73.5 Å². The van der Waals surface area contributed by atoms with E-state index < -0.39 is 17.5 Å². The summed E-state index contributed by atoms with van der Waals surface area (Å²) in [6.45, 7) is 7.60. The highest BCUT2D eigenvalue weighted by molar-refractivity contribution is 5.94. The summed E-state index contributed by atoms with van der Waals surface area (Å²) >= 11 is 0. The van der Waals surface area contributed by atoms with Crippen molar-refractivity contribution in [1.29, 1.82) is 0 Å². The third-order valence-electron chi connectivity index (χ3n) is 7.94. The molecule has 2 aromatic rings. The fourth-order valence-electron chi connectivity index (χ4n) is 5.85. The van der Waals surface area contributed by atoms with Crippen molar-refractivity contribution < 1.29 is 29.0 Å². The number of hydrogen-bond acceptors (Lipinski definition) is 5. The van der Waals surface area contributed by atoms with Crippen LogP contribution in [0.15, 0.2) is 48.5 Å². The molecule has 2 atom stereocenters. The number of benzene rings is 2. The molecule has 0 unspecified atom stereocenters. The number of carboxylic acid groups (broad SMARTS) is 1. The van der Waals surface area contributed by atoms with Crippen LogP contribution < -0.4 is 5.32 Å². The Kier molecular flexibility index (Phi) is 10.2. The highest BCUT2D eigenvalue weighted by Crippen LogP contribution is 2.29. The minimum Gasteiger partial charge on any atom is -0.481 e. The molecule has 0 saturated carbocycles. The standard InChI is InChI=1S/C33H43N3O6/c1-33(2,3)42-32(41)35-18-14-24-11-12-26(20-25(24)15-19-35)30(39)34-16-13-28-21-27(22-29(37)38)31(40)36(28)17-7-10-23-8-5-4-6-9-23/h4-6,8-9,11-12,20,27-28H,7,10,13-19,21-22H2,1-3H3,(H,34,39)(H,37,38)/t27-,28+/m0/s1. The first-order valence-electron chi connectivity index (χ1n) is 14.9. The Morgan fingerprint density at radius 3 is 2.43 bits per heavy atom. The first-order chi connectivity index (χ1) is 20.0. The Labute approximate surface area is 248 Å². The van der Waals surface area contributed by atoms with Gasteiger partial charge in [-0.2, -0.15) is 0 Å². The maximum Gasteiger partial charge on any atom is 0.410 e. The molecule has 2 aromatic carbocycles. The van der Waals surface area contributed by atoms with Crippen molar-refractivity contribution in [2.75, 3.05) is 26.2 Å². The quantitative estimate of drug-likeness (QED) is 0.431. The number of ether oxygens (including phenoxy) is 1. The van der Waals surface area contributed by atoms with E-state index in [0.29, 0.717) is 57.4 Å². The van der Waals surface area contributed by atoms with Crippen LogP contribution in [-0.2, 0) is 33.6 Å². The second kappa shape index (κ2) is 13.9. The summed E-state index contributed by atoms with van der Waals surface area (Å²) in [5, 5.41) is 12.3. The van der Waals surface area contributed by atoms with E-state index in [1.54, 1.807) is 4.90 Å². The molecule has 1 saturated heterocycles. The maximum absolute atomic E-state index is 13.1. The van der Waals surface area contributed by atoms with Crippen molar-refractivity contribution >= 4 is 23.9 Å². The smallest absolute Gasteiger partial charge is 0.410 e. The summed E-state index contributed by atoms with van der Waals surface area (Å²) in [6.07, 6.45) is 3.53. The summed E-state index contributed by atoms with van der Waals surface area (Å²) in [5.74, 6) is -1.78. The van der Waals surface area contributed by atoms with E-state index in [-0.39, 0.29) is 30.4 Å². The predicted octanol–water partition coefficient (Wildman–Crippen LogP) is 4.47. The van der Waals surface area contributed by atoms with Crippen LogP contribution >= 0.6 is 0 Å². The first kappa shape index (κ1) is 31.1. The molecule has 2 aliphatic heterocycles. The van der Waals surface area contributed by atoms with Crippen LogP contribution in [0.2, 0.25) is 0 Å². The molecule has 226 valence electrons. The van der Waals surface area contributed by atoms with Crippen LogP contribution in [0.25, 0.3) is 0 Å². The number of nitrogens with zero attached hydrogens (tertiary/aromatic N) is 2. The zero-order valence-corrected chi connectivity index (χ0v) is 24.9. The van der Waals surface area contributed by atoms with Crippen LogP contribution in [0.3, 0.4) is 0 Å². The number of aliphatic carboxylic acids is 1. The van der Waals surface area contributed by atoms with Gasteiger partial charge in [-0.25, -0.2) is 4.79 Å². The number of nitrogens with one attached hydrogen (secondary N) is 1. The van der Waals surface area contributed by atoms with Gasteiger partial charge in [-0.1, -0.05) is 36.4 Å². The minimum atomic E-state index is -0.969. The van der Waals surface area contributed by atoms with Gasteiger partial charge in [-0.15, -0.1) is 0 Å². The lowest BCUT2D eigenvalue weighted by Gasteiger charge is -2.26. The van der Waals surface area contributed by atoms with E-state index in [1.165, 1.54) is 5.56 Å². The molecule has 0 bridgehead atoms. The molecule has 2 N–H and O–H groups in total. The van der Waals surface area contributed by atoms with Crippen LogP contribution in [0.5, 0.6) is 0 Å². The molecule has 2 heterocycles. The number of carbonyl (C=O) groups is 4. The second-order valence-electron chi connectivity index (χ2n) is 12.3. The van der Waals surface area contributed by atoms with Gasteiger partial charge in [0.25, 0.3) is 5.91 Å². The Hall–Kier alpha value is -3.88. The summed E-state index contributed by atoms with van der Waals surface area (Å²) < 4.78 is 5.53. The van der Waals surface area contributed by atoms with Gasteiger partial charge in [0, 0.05) is 37.8 Å². The summed E-state index contributed by atoms with van der Waals surface area (Å²) in [5.41, 5.74) is 3.39. The molecule has 2 aliphatic rings. The fourth-order valence-corrected chi connectivity index (χ4v) is 5.85. The molecular weight excluding hydrogens is 534 g/mol. The van der Waals surface area contributed by atoms with E-state index in [0.717, 1.165) is 24.0 Å². The largest absolute Gasteiger partial charge is 0.481 e. The van der Waals surface area contributed by atoms with Crippen molar-refractivity contribution in [2.24, 2.45) is 5.92 Å². The summed E-state index contributed by atoms with van der Waals surface area (Å²) in [7, 11) is 0. The third-order valence-corrected chi connectivity index (χ3v) is 7.94. The van der Waals surface area contributed by atoms with Gasteiger partial charge in [0.2, 0.25) is 5.91 Å². The lowest BCUT2D eigenvalue weighted by atomic mass is 9.99. The Balaban J connectivity index is 1.31. The minimum absolute atomic E-state index is 0.104. The zero-order chi connectivity index (χ0) is 30.3.